The molecule has 0 aliphatic heterocycles. The van der Waals surface area contributed by atoms with E-state index < -0.39 is 33.2 Å². The van der Waals surface area contributed by atoms with E-state index in [1.54, 1.807) is 0 Å². The van der Waals surface area contributed by atoms with Crippen LogP contribution in [0.25, 0.3) is 0 Å². The van der Waals surface area contributed by atoms with Crippen LogP contribution < -0.4 is 4.18 Å². The minimum absolute atomic E-state index is 0.0890. The number of alkyl halides is 3. The van der Waals surface area contributed by atoms with Crippen molar-refractivity contribution in [3.63, 3.8) is 0 Å². The van der Waals surface area contributed by atoms with Crippen LogP contribution in [0.1, 0.15) is 5.56 Å². The zero-order valence-electron chi connectivity index (χ0n) is 9.90. The van der Waals surface area contributed by atoms with Gasteiger partial charge in [0, 0.05) is 0 Å². The van der Waals surface area contributed by atoms with Gasteiger partial charge in [0.15, 0.2) is 11.6 Å². The third-order valence-electron chi connectivity index (χ3n) is 2.06. The number of esters is 1. The monoisotopic (exact) mass is 316 g/mol. The minimum atomic E-state index is -5.95. The molecular formula is C10H8F4O5S. The van der Waals surface area contributed by atoms with E-state index in [4.69, 9.17) is 0 Å². The molecule has 0 spiro atoms. The molecule has 0 aliphatic carbocycles. The van der Waals surface area contributed by atoms with Gasteiger partial charge in [-0.25, -0.2) is 4.39 Å². The summed E-state index contributed by atoms with van der Waals surface area (Å²) in [6.07, 6.45) is -0.320. The van der Waals surface area contributed by atoms with Gasteiger partial charge in [-0.3, -0.25) is 4.79 Å². The number of carbonyl (C=O) groups excluding carboxylic acids is 1. The van der Waals surface area contributed by atoms with Gasteiger partial charge in [0.25, 0.3) is 0 Å². The maximum absolute atomic E-state index is 13.4. The molecule has 5 nitrogen and oxygen atoms in total. The van der Waals surface area contributed by atoms with E-state index in [2.05, 4.69) is 8.92 Å². The first-order valence-corrected chi connectivity index (χ1v) is 6.33. The van der Waals surface area contributed by atoms with Crippen LogP contribution in [0, 0.1) is 5.82 Å². The van der Waals surface area contributed by atoms with Crippen molar-refractivity contribution in [1.82, 2.24) is 0 Å². The average molecular weight is 316 g/mol. The predicted molar refractivity (Wildman–Crippen MR) is 57.7 cm³/mol. The number of hydrogen-bond donors (Lipinski definition) is 0. The molecule has 0 aliphatic rings. The third kappa shape index (κ3) is 3.83. The lowest BCUT2D eigenvalue weighted by Crippen LogP contribution is -2.28. The van der Waals surface area contributed by atoms with Crippen LogP contribution in [-0.4, -0.2) is 27.0 Å². The summed E-state index contributed by atoms with van der Waals surface area (Å²) in [5.41, 5.74) is -5.57. The molecule has 0 amide bonds. The van der Waals surface area contributed by atoms with Crippen molar-refractivity contribution in [3.05, 3.63) is 29.6 Å². The topological polar surface area (TPSA) is 69.7 Å². The summed E-state index contributed by atoms with van der Waals surface area (Å²) >= 11 is 0. The Bertz CT molecular complexity index is 609. The van der Waals surface area contributed by atoms with Crippen molar-refractivity contribution in [1.29, 1.82) is 0 Å². The first-order valence-electron chi connectivity index (χ1n) is 4.93. The molecule has 1 rings (SSSR count). The van der Waals surface area contributed by atoms with E-state index >= 15 is 0 Å². The summed E-state index contributed by atoms with van der Waals surface area (Å²) in [5.74, 6) is -3.16. The van der Waals surface area contributed by atoms with Crippen LogP contribution in [0.3, 0.4) is 0 Å². The molecule has 20 heavy (non-hydrogen) atoms. The Hall–Kier alpha value is -1.84. The number of hydrogen-bond acceptors (Lipinski definition) is 5. The molecule has 10 heteroatoms. The smallest absolute Gasteiger partial charge is 0.469 e. The second kappa shape index (κ2) is 5.65. The van der Waals surface area contributed by atoms with Gasteiger partial charge in [-0.2, -0.15) is 21.6 Å². The lowest BCUT2D eigenvalue weighted by Gasteiger charge is -2.10. The predicted octanol–water partition coefficient (Wildman–Crippen LogP) is 1.77. The van der Waals surface area contributed by atoms with E-state index in [1.807, 2.05) is 0 Å². The van der Waals surface area contributed by atoms with Gasteiger partial charge in [0.2, 0.25) is 0 Å². The normalized spacial score (nSPS) is 12.1. The fraction of sp³-hybridized carbons (Fsp3) is 0.300. The average Bonchev–Trinajstić information content (AvgIpc) is 2.31. The molecular weight excluding hydrogens is 308 g/mol. The first kappa shape index (κ1) is 16.2. The molecule has 1 aromatic carbocycles. The zero-order chi connectivity index (χ0) is 15.6. The van der Waals surface area contributed by atoms with E-state index in [-0.39, 0.29) is 12.0 Å². The second-order valence-corrected chi connectivity index (χ2v) is 5.04. The summed E-state index contributed by atoms with van der Waals surface area (Å²) < 4.78 is 78.9. The Labute approximate surface area is 111 Å². The lowest BCUT2D eigenvalue weighted by molar-refractivity contribution is -0.139. The van der Waals surface area contributed by atoms with E-state index in [9.17, 15) is 30.8 Å². The summed E-state index contributed by atoms with van der Waals surface area (Å²) in [4.78, 5) is 10.9. The number of rotatable bonds is 4. The summed E-state index contributed by atoms with van der Waals surface area (Å²) in [6.45, 7) is 0. The number of ether oxygens (including phenoxy) is 1. The van der Waals surface area contributed by atoms with Gasteiger partial charge in [-0.1, -0.05) is 6.07 Å². The number of halogens is 4. The molecule has 0 atom stereocenters. The molecule has 0 bridgehead atoms. The highest BCUT2D eigenvalue weighted by Gasteiger charge is 2.48. The van der Waals surface area contributed by atoms with Gasteiger partial charge >= 0.3 is 21.6 Å². The molecule has 0 fully saturated rings. The number of benzene rings is 1. The third-order valence-corrected chi connectivity index (χ3v) is 3.02. The van der Waals surface area contributed by atoms with E-state index in [0.29, 0.717) is 12.1 Å². The summed E-state index contributed by atoms with van der Waals surface area (Å²) in [7, 11) is -4.84. The first-order chi connectivity index (χ1) is 9.06. The van der Waals surface area contributed by atoms with Crippen LogP contribution in [0.2, 0.25) is 0 Å². The van der Waals surface area contributed by atoms with Crippen LogP contribution in [0.4, 0.5) is 17.6 Å². The van der Waals surface area contributed by atoms with Gasteiger partial charge in [0.1, 0.15) is 0 Å². The SMILES string of the molecule is COC(=O)Cc1ccc(OS(=O)(=O)C(F)(F)F)c(F)c1. The van der Waals surface area contributed by atoms with Crippen molar-refractivity contribution < 1.29 is 39.7 Å². The van der Waals surface area contributed by atoms with Gasteiger partial charge in [-0.15, -0.1) is 0 Å². The highest BCUT2D eigenvalue weighted by molar-refractivity contribution is 7.88. The maximum atomic E-state index is 13.4. The highest BCUT2D eigenvalue weighted by atomic mass is 32.2. The van der Waals surface area contributed by atoms with Crippen LogP contribution in [0.5, 0.6) is 5.75 Å². The molecule has 0 unspecified atom stereocenters. The van der Waals surface area contributed by atoms with Gasteiger partial charge in [-0.05, 0) is 17.7 Å². The van der Waals surface area contributed by atoms with Gasteiger partial charge in [0.05, 0.1) is 13.5 Å². The number of methoxy groups -OCH3 is 1. The number of carbonyl (C=O) groups is 1. The zero-order valence-corrected chi connectivity index (χ0v) is 10.7. The fourth-order valence-corrected chi connectivity index (χ4v) is 1.59. The quantitative estimate of drug-likeness (QED) is 0.366. The molecule has 0 radical (unpaired) electrons. The highest BCUT2D eigenvalue weighted by Crippen LogP contribution is 2.28. The largest absolute Gasteiger partial charge is 0.534 e. The minimum Gasteiger partial charge on any atom is -0.469 e. The molecule has 0 saturated carbocycles. The Balaban J connectivity index is 2.98. The molecule has 112 valence electrons. The Morgan fingerprint density at radius 2 is 1.90 bits per heavy atom. The summed E-state index contributed by atoms with van der Waals surface area (Å²) in [6, 6.07) is 2.40. The van der Waals surface area contributed by atoms with Crippen LogP contribution in [-0.2, 0) is 26.1 Å². The van der Waals surface area contributed by atoms with E-state index in [1.165, 1.54) is 0 Å². The summed E-state index contributed by atoms with van der Waals surface area (Å²) in [5, 5.41) is 0. The second-order valence-electron chi connectivity index (χ2n) is 3.50. The molecule has 0 heterocycles. The fourth-order valence-electron chi connectivity index (χ4n) is 1.13. The Morgan fingerprint density at radius 3 is 2.35 bits per heavy atom. The van der Waals surface area contributed by atoms with Crippen LogP contribution >= 0.6 is 0 Å². The van der Waals surface area contributed by atoms with E-state index in [0.717, 1.165) is 13.2 Å². The molecule has 0 saturated heterocycles. The molecule has 1 aromatic rings. The van der Waals surface area contributed by atoms with Crippen molar-refractivity contribution in [2.75, 3.05) is 7.11 Å². The van der Waals surface area contributed by atoms with Crippen LogP contribution in [0.15, 0.2) is 18.2 Å². The van der Waals surface area contributed by atoms with Crippen molar-refractivity contribution >= 4 is 16.1 Å². The van der Waals surface area contributed by atoms with Crippen molar-refractivity contribution in [2.45, 2.75) is 11.9 Å². The van der Waals surface area contributed by atoms with Gasteiger partial charge < -0.3 is 8.92 Å². The van der Waals surface area contributed by atoms with Crippen molar-refractivity contribution in [2.24, 2.45) is 0 Å². The maximum Gasteiger partial charge on any atom is 0.534 e. The molecule has 0 aromatic heterocycles. The lowest BCUT2D eigenvalue weighted by atomic mass is 10.1. The Kier molecular flexibility index (Phi) is 4.58. The standard InChI is InChI=1S/C10H8F4O5S/c1-18-9(15)5-6-2-3-8(7(11)4-6)19-20(16,17)10(12,13)14/h2-4H,5H2,1H3. The Morgan fingerprint density at radius 1 is 1.30 bits per heavy atom. The van der Waals surface area contributed by atoms with Crippen molar-refractivity contribution in [3.8, 4) is 5.75 Å². The molecule has 0 N–H and O–H groups in total.